The first-order valence-corrected chi connectivity index (χ1v) is 6.95. The molecule has 0 aliphatic heterocycles. The molecule has 0 unspecified atom stereocenters. The molecule has 0 saturated heterocycles. The van der Waals surface area contributed by atoms with Gasteiger partial charge in [-0.2, -0.15) is 0 Å². The molecule has 0 amide bonds. The summed E-state index contributed by atoms with van der Waals surface area (Å²) in [7, 11) is 0. The first-order valence-electron chi connectivity index (χ1n) is 5.36. The third kappa shape index (κ3) is 3.29. The molecule has 0 aliphatic carbocycles. The van der Waals surface area contributed by atoms with E-state index in [1.165, 1.54) is 6.07 Å². The minimum atomic E-state index is -0.250. The third-order valence-electron chi connectivity index (χ3n) is 2.52. The fourth-order valence-corrected chi connectivity index (χ4v) is 2.11. The highest BCUT2D eigenvalue weighted by molar-refractivity contribution is 9.10. The van der Waals surface area contributed by atoms with Crippen molar-refractivity contribution >= 4 is 37.5 Å². The summed E-state index contributed by atoms with van der Waals surface area (Å²) >= 11 is 6.52. The van der Waals surface area contributed by atoms with Gasteiger partial charge in [0.1, 0.15) is 5.82 Å². The number of nitrogens with zero attached hydrogens (tertiary/aromatic N) is 1. The van der Waals surface area contributed by atoms with Gasteiger partial charge in [-0.1, -0.05) is 0 Å². The number of nitrogens with one attached hydrogen (secondary N) is 1. The summed E-state index contributed by atoms with van der Waals surface area (Å²) in [5, 5.41) is 3.24. The predicted molar refractivity (Wildman–Crippen MR) is 78.1 cm³/mol. The summed E-state index contributed by atoms with van der Waals surface area (Å²) in [6, 6.07) is 7.12. The molecule has 0 fully saturated rings. The Hall–Kier alpha value is -0.940. The fourth-order valence-electron chi connectivity index (χ4n) is 1.53. The molecule has 2 nitrogen and oxygen atoms in total. The topological polar surface area (TPSA) is 24.9 Å². The predicted octanol–water partition coefficient (Wildman–Crippen LogP) is 4.67. The molecule has 0 spiro atoms. The van der Waals surface area contributed by atoms with Gasteiger partial charge in [0.2, 0.25) is 0 Å². The first-order chi connectivity index (χ1) is 8.56. The van der Waals surface area contributed by atoms with Crippen molar-refractivity contribution < 1.29 is 4.39 Å². The molecule has 0 radical (unpaired) electrons. The molecule has 2 rings (SSSR count). The van der Waals surface area contributed by atoms with Gasteiger partial charge in [0.15, 0.2) is 0 Å². The summed E-state index contributed by atoms with van der Waals surface area (Å²) in [6.07, 6.45) is 1.75. The maximum Gasteiger partial charge on any atom is 0.137 e. The SMILES string of the molecule is Cc1cc(F)c(Br)cc1NCc1ccc(Br)cn1. The van der Waals surface area contributed by atoms with Gasteiger partial charge in [-0.15, -0.1) is 0 Å². The van der Waals surface area contributed by atoms with Crippen LogP contribution in [-0.4, -0.2) is 4.98 Å². The summed E-state index contributed by atoms with van der Waals surface area (Å²) in [4.78, 5) is 4.27. The van der Waals surface area contributed by atoms with Crippen molar-refractivity contribution in [1.82, 2.24) is 4.98 Å². The van der Waals surface area contributed by atoms with Crippen LogP contribution in [0.25, 0.3) is 0 Å². The number of pyridine rings is 1. The van der Waals surface area contributed by atoms with Crippen LogP contribution in [0.4, 0.5) is 10.1 Å². The lowest BCUT2D eigenvalue weighted by Gasteiger charge is -2.10. The van der Waals surface area contributed by atoms with Gasteiger partial charge < -0.3 is 5.32 Å². The van der Waals surface area contributed by atoms with E-state index in [-0.39, 0.29) is 5.82 Å². The zero-order valence-electron chi connectivity index (χ0n) is 9.67. The normalized spacial score (nSPS) is 10.4. The highest BCUT2D eigenvalue weighted by Gasteiger charge is 2.05. The maximum atomic E-state index is 13.3. The second kappa shape index (κ2) is 5.80. The Morgan fingerprint density at radius 1 is 1.28 bits per heavy atom. The van der Waals surface area contributed by atoms with Crippen molar-refractivity contribution in [2.75, 3.05) is 5.32 Å². The number of rotatable bonds is 3. The zero-order valence-corrected chi connectivity index (χ0v) is 12.8. The molecule has 5 heteroatoms. The second-order valence-corrected chi connectivity index (χ2v) is 5.67. The number of aromatic nitrogens is 1. The number of halogens is 3. The molecular weight excluding hydrogens is 363 g/mol. The number of anilines is 1. The number of benzene rings is 1. The monoisotopic (exact) mass is 372 g/mol. The largest absolute Gasteiger partial charge is 0.379 e. The number of aryl methyl sites for hydroxylation is 1. The van der Waals surface area contributed by atoms with Crippen LogP contribution in [-0.2, 0) is 6.54 Å². The lowest BCUT2D eigenvalue weighted by Crippen LogP contribution is -2.03. The van der Waals surface area contributed by atoms with Gasteiger partial charge in [0, 0.05) is 16.4 Å². The van der Waals surface area contributed by atoms with E-state index in [2.05, 4.69) is 42.2 Å². The van der Waals surface area contributed by atoms with Gasteiger partial charge in [0.25, 0.3) is 0 Å². The summed E-state index contributed by atoms with van der Waals surface area (Å²) in [6.45, 7) is 2.47. The van der Waals surface area contributed by atoms with Crippen molar-refractivity contribution in [3.05, 3.63) is 56.5 Å². The molecule has 1 aromatic carbocycles. The Balaban J connectivity index is 2.10. The van der Waals surface area contributed by atoms with Crippen LogP contribution in [0.1, 0.15) is 11.3 Å². The highest BCUT2D eigenvalue weighted by atomic mass is 79.9. The van der Waals surface area contributed by atoms with Crippen LogP contribution in [0.2, 0.25) is 0 Å². The van der Waals surface area contributed by atoms with E-state index in [1.807, 2.05) is 19.1 Å². The Morgan fingerprint density at radius 2 is 2.06 bits per heavy atom. The summed E-state index contributed by atoms with van der Waals surface area (Å²) < 4.78 is 14.7. The standard InChI is InChI=1S/C13H11Br2FN2/c1-8-4-12(16)11(15)5-13(8)18-7-10-3-2-9(14)6-17-10/h2-6,18H,7H2,1H3. The molecule has 0 atom stereocenters. The lowest BCUT2D eigenvalue weighted by molar-refractivity contribution is 0.620. The lowest BCUT2D eigenvalue weighted by atomic mass is 10.2. The Morgan fingerprint density at radius 3 is 2.72 bits per heavy atom. The van der Waals surface area contributed by atoms with Gasteiger partial charge >= 0.3 is 0 Å². The fraction of sp³-hybridized carbons (Fsp3) is 0.154. The second-order valence-electron chi connectivity index (χ2n) is 3.90. The summed E-state index contributed by atoms with van der Waals surface area (Å²) in [5.74, 6) is -0.250. The van der Waals surface area contributed by atoms with Crippen molar-refractivity contribution in [1.29, 1.82) is 0 Å². The summed E-state index contributed by atoms with van der Waals surface area (Å²) in [5.41, 5.74) is 2.69. The number of hydrogen-bond donors (Lipinski definition) is 1. The molecule has 1 aromatic heterocycles. The molecule has 18 heavy (non-hydrogen) atoms. The van der Waals surface area contributed by atoms with Crippen LogP contribution in [0.3, 0.4) is 0 Å². The van der Waals surface area contributed by atoms with E-state index in [1.54, 1.807) is 12.3 Å². The highest BCUT2D eigenvalue weighted by Crippen LogP contribution is 2.24. The van der Waals surface area contributed by atoms with Crippen molar-refractivity contribution in [2.45, 2.75) is 13.5 Å². The van der Waals surface area contributed by atoms with E-state index in [0.717, 1.165) is 21.4 Å². The van der Waals surface area contributed by atoms with E-state index < -0.39 is 0 Å². The zero-order chi connectivity index (χ0) is 13.1. The smallest absolute Gasteiger partial charge is 0.137 e. The van der Waals surface area contributed by atoms with Crippen LogP contribution in [0, 0.1) is 12.7 Å². The molecule has 0 aliphatic rings. The van der Waals surface area contributed by atoms with Crippen LogP contribution >= 0.6 is 31.9 Å². The van der Waals surface area contributed by atoms with Crippen molar-refractivity contribution in [2.24, 2.45) is 0 Å². The van der Waals surface area contributed by atoms with Crippen molar-refractivity contribution in [3.63, 3.8) is 0 Å². The van der Waals surface area contributed by atoms with Gasteiger partial charge in [-0.05, 0) is 68.6 Å². The molecule has 1 heterocycles. The first kappa shape index (κ1) is 13.5. The van der Waals surface area contributed by atoms with E-state index in [4.69, 9.17) is 0 Å². The minimum Gasteiger partial charge on any atom is -0.379 e. The van der Waals surface area contributed by atoms with E-state index >= 15 is 0 Å². The van der Waals surface area contributed by atoms with Gasteiger partial charge in [0.05, 0.1) is 16.7 Å². The van der Waals surface area contributed by atoms with Gasteiger partial charge in [-0.25, -0.2) is 4.39 Å². The average molecular weight is 374 g/mol. The minimum absolute atomic E-state index is 0.250. The van der Waals surface area contributed by atoms with E-state index in [9.17, 15) is 4.39 Å². The molecule has 94 valence electrons. The molecule has 0 saturated carbocycles. The molecule has 1 N–H and O–H groups in total. The maximum absolute atomic E-state index is 13.3. The van der Waals surface area contributed by atoms with Crippen LogP contribution in [0.15, 0.2) is 39.4 Å². The Bertz CT molecular complexity index is 556. The molecule has 0 bridgehead atoms. The third-order valence-corrected chi connectivity index (χ3v) is 3.59. The Labute approximate surface area is 122 Å². The number of hydrogen-bond acceptors (Lipinski definition) is 2. The molecule has 2 aromatic rings. The van der Waals surface area contributed by atoms with Crippen LogP contribution in [0.5, 0.6) is 0 Å². The van der Waals surface area contributed by atoms with Gasteiger partial charge in [-0.3, -0.25) is 4.98 Å². The van der Waals surface area contributed by atoms with E-state index in [0.29, 0.717) is 11.0 Å². The quantitative estimate of drug-likeness (QED) is 0.845. The average Bonchev–Trinajstić information content (AvgIpc) is 2.34. The van der Waals surface area contributed by atoms with Crippen LogP contribution < -0.4 is 5.32 Å². The Kier molecular flexibility index (Phi) is 4.35. The van der Waals surface area contributed by atoms with Crippen molar-refractivity contribution in [3.8, 4) is 0 Å². The molecular formula is C13H11Br2FN2.